The summed E-state index contributed by atoms with van der Waals surface area (Å²) < 4.78 is 0. The minimum absolute atomic E-state index is 0.0543. The molecule has 4 nitrogen and oxygen atoms in total. The van der Waals surface area contributed by atoms with E-state index in [1.165, 1.54) is 17.8 Å². The molecule has 2 amide bonds. The number of carbonyl (C=O) groups is 2. The molecule has 0 atom stereocenters. The number of thiophene rings is 1. The van der Waals surface area contributed by atoms with Crippen molar-refractivity contribution in [1.29, 1.82) is 0 Å². The van der Waals surface area contributed by atoms with E-state index < -0.39 is 0 Å². The molecule has 1 aliphatic carbocycles. The molecular formula is C20H24N2O2S. The van der Waals surface area contributed by atoms with Crippen molar-refractivity contribution in [3.8, 4) is 0 Å². The summed E-state index contributed by atoms with van der Waals surface area (Å²) in [6.07, 6.45) is 5.35. The Morgan fingerprint density at radius 1 is 1.12 bits per heavy atom. The molecule has 0 aliphatic heterocycles. The fraction of sp³-hybridized carbons (Fsp3) is 0.400. The summed E-state index contributed by atoms with van der Waals surface area (Å²) in [5.74, 6) is -0.0119. The van der Waals surface area contributed by atoms with Crippen molar-refractivity contribution >= 4 is 28.2 Å². The molecule has 0 spiro atoms. The molecule has 0 radical (unpaired) electrons. The summed E-state index contributed by atoms with van der Waals surface area (Å²) >= 11 is 1.46. The molecule has 132 valence electrons. The van der Waals surface area contributed by atoms with Crippen molar-refractivity contribution in [2.24, 2.45) is 5.92 Å². The second-order valence-electron chi connectivity index (χ2n) is 6.59. The average molecular weight is 356 g/mol. The molecular weight excluding hydrogens is 332 g/mol. The van der Waals surface area contributed by atoms with E-state index in [9.17, 15) is 9.59 Å². The maximum atomic E-state index is 12.6. The van der Waals surface area contributed by atoms with Crippen molar-refractivity contribution in [2.45, 2.75) is 45.6 Å². The highest BCUT2D eigenvalue weighted by molar-refractivity contribution is 7.16. The Morgan fingerprint density at radius 3 is 2.56 bits per heavy atom. The lowest BCUT2D eigenvalue weighted by molar-refractivity contribution is -0.120. The Bertz CT molecular complexity index is 733. The van der Waals surface area contributed by atoms with Gasteiger partial charge in [-0.3, -0.25) is 9.59 Å². The van der Waals surface area contributed by atoms with E-state index >= 15 is 0 Å². The maximum absolute atomic E-state index is 12.6. The minimum atomic E-state index is -0.146. The summed E-state index contributed by atoms with van der Waals surface area (Å²) in [7, 11) is 0. The Labute approximate surface area is 152 Å². The van der Waals surface area contributed by atoms with Crippen LogP contribution in [0.3, 0.4) is 0 Å². The first-order valence-corrected chi connectivity index (χ1v) is 9.68. The standard InChI is InChI=1S/C20H24N2O2S/c1-14-12-17(19(24)21-13-15-8-4-2-5-9-15)20(25-14)22-18(23)16-10-6-3-7-11-16/h2,4-5,8-9,12,16H,3,6-7,10-11,13H2,1H3,(H,21,24)(H,22,23). The summed E-state index contributed by atoms with van der Waals surface area (Å²) in [6.45, 7) is 2.43. The first-order valence-electron chi connectivity index (χ1n) is 8.87. The number of carbonyl (C=O) groups excluding carboxylic acids is 2. The average Bonchev–Trinajstić information content (AvgIpc) is 3.01. The van der Waals surface area contributed by atoms with Gasteiger partial charge in [-0.15, -0.1) is 11.3 Å². The van der Waals surface area contributed by atoms with Crippen LogP contribution in [-0.4, -0.2) is 11.8 Å². The monoisotopic (exact) mass is 356 g/mol. The highest BCUT2D eigenvalue weighted by Crippen LogP contribution is 2.30. The van der Waals surface area contributed by atoms with Gasteiger partial charge in [-0.25, -0.2) is 0 Å². The van der Waals surface area contributed by atoms with E-state index in [0.29, 0.717) is 17.1 Å². The molecule has 1 aromatic heterocycles. The number of nitrogens with one attached hydrogen (secondary N) is 2. The molecule has 1 aromatic carbocycles. The van der Waals surface area contributed by atoms with Crippen LogP contribution in [0.4, 0.5) is 5.00 Å². The van der Waals surface area contributed by atoms with E-state index in [1.54, 1.807) is 0 Å². The van der Waals surface area contributed by atoms with Crippen molar-refractivity contribution in [2.75, 3.05) is 5.32 Å². The molecule has 1 aliphatic rings. The lowest BCUT2D eigenvalue weighted by atomic mass is 9.89. The van der Waals surface area contributed by atoms with Crippen molar-refractivity contribution in [3.63, 3.8) is 0 Å². The zero-order chi connectivity index (χ0) is 17.6. The van der Waals surface area contributed by atoms with Gasteiger partial charge in [-0.05, 0) is 31.4 Å². The summed E-state index contributed by atoms with van der Waals surface area (Å²) in [4.78, 5) is 26.1. The summed E-state index contributed by atoms with van der Waals surface area (Å²) in [5, 5.41) is 6.60. The third kappa shape index (κ3) is 4.69. The molecule has 5 heteroatoms. The Hall–Kier alpha value is -2.14. The second-order valence-corrected chi connectivity index (χ2v) is 7.85. The van der Waals surface area contributed by atoms with Crippen molar-refractivity contribution in [3.05, 3.63) is 52.4 Å². The van der Waals surface area contributed by atoms with Gasteiger partial charge in [0.05, 0.1) is 5.56 Å². The summed E-state index contributed by atoms with van der Waals surface area (Å²) in [5.41, 5.74) is 1.61. The lowest BCUT2D eigenvalue weighted by Crippen LogP contribution is -2.27. The molecule has 25 heavy (non-hydrogen) atoms. The zero-order valence-corrected chi connectivity index (χ0v) is 15.3. The molecule has 0 unspecified atom stereocenters. The zero-order valence-electron chi connectivity index (χ0n) is 14.5. The Kier molecular flexibility index (Phi) is 5.87. The van der Waals surface area contributed by atoms with Crippen LogP contribution in [0.15, 0.2) is 36.4 Å². The molecule has 0 bridgehead atoms. The predicted octanol–water partition coefficient (Wildman–Crippen LogP) is 4.51. The first-order chi connectivity index (χ1) is 12.1. The van der Waals surface area contributed by atoms with E-state index in [-0.39, 0.29) is 17.7 Å². The van der Waals surface area contributed by atoms with Crippen LogP contribution in [0.5, 0.6) is 0 Å². The fourth-order valence-electron chi connectivity index (χ4n) is 3.23. The number of anilines is 1. The van der Waals surface area contributed by atoms with Gasteiger partial charge in [0.2, 0.25) is 5.91 Å². The lowest BCUT2D eigenvalue weighted by Gasteiger charge is -2.20. The van der Waals surface area contributed by atoms with Gasteiger partial charge >= 0.3 is 0 Å². The van der Waals surface area contributed by atoms with Crippen molar-refractivity contribution < 1.29 is 9.59 Å². The number of aryl methyl sites for hydroxylation is 1. The van der Waals surface area contributed by atoms with Crippen LogP contribution in [0, 0.1) is 12.8 Å². The van der Waals surface area contributed by atoms with E-state index in [0.717, 1.165) is 36.1 Å². The Morgan fingerprint density at radius 2 is 1.84 bits per heavy atom. The molecule has 0 saturated heterocycles. The van der Waals surface area contributed by atoms with E-state index in [1.807, 2.05) is 43.3 Å². The van der Waals surface area contributed by atoms with Crippen LogP contribution >= 0.6 is 11.3 Å². The number of rotatable bonds is 5. The van der Waals surface area contributed by atoms with Gasteiger partial charge in [0.15, 0.2) is 0 Å². The maximum Gasteiger partial charge on any atom is 0.254 e. The highest BCUT2D eigenvalue weighted by atomic mass is 32.1. The number of hydrogen-bond donors (Lipinski definition) is 2. The quantitative estimate of drug-likeness (QED) is 0.828. The first kappa shape index (κ1) is 17.7. The second kappa shape index (κ2) is 8.30. The smallest absolute Gasteiger partial charge is 0.254 e. The molecule has 1 fully saturated rings. The topological polar surface area (TPSA) is 58.2 Å². The summed E-state index contributed by atoms with van der Waals surface area (Å²) in [6, 6.07) is 11.7. The largest absolute Gasteiger partial charge is 0.348 e. The normalized spacial score (nSPS) is 14.9. The third-order valence-corrected chi connectivity index (χ3v) is 5.57. The Balaban J connectivity index is 1.65. The SMILES string of the molecule is Cc1cc(C(=O)NCc2ccccc2)c(NC(=O)C2CCCCC2)s1. The van der Waals surface area contributed by atoms with Gasteiger partial charge in [0, 0.05) is 17.3 Å². The molecule has 2 aromatic rings. The number of amides is 2. The van der Waals surface area contributed by atoms with Crippen LogP contribution in [0.1, 0.15) is 52.9 Å². The molecule has 1 heterocycles. The number of hydrogen-bond acceptors (Lipinski definition) is 3. The predicted molar refractivity (Wildman–Crippen MR) is 102 cm³/mol. The van der Waals surface area contributed by atoms with Crippen LogP contribution in [0.2, 0.25) is 0 Å². The van der Waals surface area contributed by atoms with Crippen LogP contribution < -0.4 is 10.6 Å². The van der Waals surface area contributed by atoms with Crippen LogP contribution in [-0.2, 0) is 11.3 Å². The fourth-order valence-corrected chi connectivity index (χ4v) is 4.14. The van der Waals surface area contributed by atoms with Crippen molar-refractivity contribution in [1.82, 2.24) is 5.32 Å². The van der Waals surface area contributed by atoms with Gasteiger partial charge in [0.25, 0.3) is 5.91 Å². The van der Waals surface area contributed by atoms with Gasteiger partial charge in [0.1, 0.15) is 5.00 Å². The number of benzene rings is 1. The molecule has 1 saturated carbocycles. The third-order valence-electron chi connectivity index (χ3n) is 4.61. The van der Waals surface area contributed by atoms with Crippen LogP contribution in [0.25, 0.3) is 0 Å². The minimum Gasteiger partial charge on any atom is -0.348 e. The highest BCUT2D eigenvalue weighted by Gasteiger charge is 2.23. The van der Waals surface area contributed by atoms with E-state index in [4.69, 9.17) is 0 Å². The van der Waals surface area contributed by atoms with Gasteiger partial charge < -0.3 is 10.6 Å². The van der Waals surface area contributed by atoms with E-state index in [2.05, 4.69) is 10.6 Å². The van der Waals surface area contributed by atoms with Gasteiger partial charge in [-0.1, -0.05) is 49.6 Å². The van der Waals surface area contributed by atoms with Gasteiger partial charge in [-0.2, -0.15) is 0 Å². The molecule has 3 rings (SSSR count). The molecule has 2 N–H and O–H groups in total.